The molecule has 0 bridgehead atoms. The molecule has 0 radical (unpaired) electrons. The van der Waals surface area contributed by atoms with Crippen molar-refractivity contribution in [2.24, 2.45) is 15.9 Å². The second-order valence-electron chi connectivity index (χ2n) is 14.2. The predicted octanol–water partition coefficient (Wildman–Crippen LogP) is 11.7. The van der Waals surface area contributed by atoms with Crippen LogP contribution in [0.25, 0.3) is 22.3 Å². The van der Waals surface area contributed by atoms with Crippen LogP contribution in [-0.2, 0) is 5.41 Å². The molecule has 2 aliphatic carbocycles. The third-order valence-corrected chi connectivity index (χ3v) is 11.5. The highest BCUT2D eigenvalue weighted by atomic mass is 16.5. The number of nitrogens with zero attached hydrogens (tertiary/aromatic N) is 2. The molecule has 250 valence electrons. The standard InChI is InChI=1S/C49H38N2O/c1-2-36-46(33-16-5-3-6-17-33)50-48(35-18-7-4-8-19-35)51-47(36)34-30-28-32(29-31-34)37-21-15-25-42-45(37)38-20-9-10-22-39(38)49(42)40-23-11-13-26-43(40)52-44-27-14-12-24-41(44)49/h3-11,13-23,25-31,36,47H,2,12,24H2,1H3. The van der Waals surface area contributed by atoms with E-state index in [-0.39, 0.29) is 12.0 Å². The molecule has 3 unspecified atom stereocenters. The summed E-state index contributed by atoms with van der Waals surface area (Å²) < 4.78 is 6.60. The molecule has 3 heteroatoms. The van der Waals surface area contributed by atoms with Crippen molar-refractivity contribution in [2.45, 2.75) is 37.6 Å². The van der Waals surface area contributed by atoms with Crippen molar-refractivity contribution in [3.63, 3.8) is 0 Å². The van der Waals surface area contributed by atoms with Gasteiger partial charge in [-0.25, -0.2) is 4.99 Å². The van der Waals surface area contributed by atoms with Crippen LogP contribution in [0.1, 0.15) is 65.6 Å². The fourth-order valence-electron chi connectivity index (χ4n) is 9.23. The summed E-state index contributed by atoms with van der Waals surface area (Å²) in [7, 11) is 0. The summed E-state index contributed by atoms with van der Waals surface area (Å²) in [5.41, 5.74) is 14.5. The van der Waals surface area contributed by atoms with E-state index in [0.717, 1.165) is 53.4 Å². The number of para-hydroxylation sites is 1. The van der Waals surface area contributed by atoms with Gasteiger partial charge in [0.05, 0.1) is 17.2 Å². The van der Waals surface area contributed by atoms with Crippen LogP contribution < -0.4 is 4.74 Å². The molecule has 0 saturated heterocycles. The molecule has 0 aromatic heterocycles. The van der Waals surface area contributed by atoms with Gasteiger partial charge in [-0.2, -0.15) is 0 Å². The summed E-state index contributed by atoms with van der Waals surface area (Å²) in [5.74, 6) is 2.89. The largest absolute Gasteiger partial charge is 0.457 e. The number of amidine groups is 1. The van der Waals surface area contributed by atoms with E-state index in [1.165, 1.54) is 50.1 Å². The fourth-order valence-corrected chi connectivity index (χ4v) is 9.23. The number of hydrogen-bond donors (Lipinski definition) is 0. The van der Waals surface area contributed by atoms with E-state index < -0.39 is 5.41 Å². The monoisotopic (exact) mass is 670 g/mol. The minimum Gasteiger partial charge on any atom is -0.457 e. The number of aliphatic imine (C=N–C) groups is 2. The van der Waals surface area contributed by atoms with Gasteiger partial charge in [-0.05, 0) is 81.5 Å². The summed E-state index contributed by atoms with van der Waals surface area (Å²) in [6.45, 7) is 2.26. The van der Waals surface area contributed by atoms with Gasteiger partial charge in [0.15, 0.2) is 5.84 Å². The average molecular weight is 671 g/mol. The SMILES string of the molecule is CCC1C(c2ccccc2)=NC(c2ccccc2)=NC1c1ccc(-c2cccc3c2-c2ccccc2C32C3=C(C=CCC3)Oc3ccccc32)cc1. The molecule has 1 spiro atoms. The van der Waals surface area contributed by atoms with Gasteiger partial charge in [0, 0.05) is 17.0 Å². The first-order valence-electron chi connectivity index (χ1n) is 18.5. The smallest absolute Gasteiger partial charge is 0.155 e. The van der Waals surface area contributed by atoms with Crippen LogP contribution in [0.3, 0.4) is 0 Å². The Morgan fingerprint density at radius 2 is 1.31 bits per heavy atom. The van der Waals surface area contributed by atoms with Crippen molar-refractivity contribution in [1.29, 1.82) is 0 Å². The molecule has 2 aliphatic heterocycles. The number of fused-ring (bicyclic) bond motifs is 8. The molecule has 10 rings (SSSR count). The Balaban J connectivity index is 1.11. The van der Waals surface area contributed by atoms with Crippen molar-refractivity contribution < 1.29 is 4.74 Å². The Morgan fingerprint density at radius 1 is 0.635 bits per heavy atom. The minimum absolute atomic E-state index is 0.0455. The van der Waals surface area contributed by atoms with Crippen LogP contribution in [0.5, 0.6) is 5.75 Å². The molecule has 0 fully saturated rings. The molecule has 52 heavy (non-hydrogen) atoms. The molecule has 2 heterocycles. The zero-order valence-electron chi connectivity index (χ0n) is 29.2. The minimum atomic E-state index is -0.400. The maximum absolute atomic E-state index is 6.60. The third kappa shape index (κ3) is 4.58. The Bertz CT molecular complexity index is 2470. The van der Waals surface area contributed by atoms with Crippen LogP contribution in [-0.4, -0.2) is 11.5 Å². The summed E-state index contributed by atoms with van der Waals surface area (Å²) in [5, 5.41) is 0. The van der Waals surface area contributed by atoms with Gasteiger partial charge < -0.3 is 4.74 Å². The lowest BCUT2D eigenvalue weighted by Gasteiger charge is -2.41. The number of benzene rings is 6. The van der Waals surface area contributed by atoms with Gasteiger partial charge in [0.2, 0.25) is 0 Å². The van der Waals surface area contributed by atoms with Crippen molar-refractivity contribution in [3.8, 4) is 28.0 Å². The van der Waals surface area contributed by atoms with Gasteiger partial charge in [-0.15, -0.1) is 0 Å². The lowest BCUT2D eigenvalue weighted by atomic mass is 9.64. The van der Waals surface area contributed by atoms with Gasteiger partial charge in [0.1, 0.15) is 11.5 Å². The highest BCUT2D eigenvalue weighted by molar-refractivity contribution is 6.15. The van der Waals surface area contributed by atoms with Crippen LogP contribution in [0, 0.1) is 5.92 Å². The molecule has 3 nitrogen and oxygen atoms in total. The maximum atomic E-state index is 6.60. The normalized spacial score (nSPS) is 21.0. The highest BCUT2D eigenvalue weighted by Crippen LogP contribution is 2.63. The molecular weight excluding hydrogens is 633 g/mol. The van der Waals surface area contributed by atoms with Crippen molar-refractivity contribution in [1.82, 2.24) is 0 Å². The van der Waals surface area contributed by atoms with Gasteiger partial charge >= 0.3 is 0 Å². The summed E-state index contributed by atoms with van der Waals surface area (Å²) in [6, 6.07) is 54.8. The molecule has 4 aliphatic rings. The maximum Gasteiger partial charge on any atom is 0.155 e. The van der Waals surface area contributed by atoms with E-state index in [1.54, 1.807) is 0 Å². The number of rotatable bonds is 5. The quantitative estimate of drug-likeness (QED) is 0.180. The van der Waals surface area contributed by atoms with E-state index in [2.05, 4.69) is 165 Å². The van der Waals surface area contributed by atoms with E-state index >= 15 is 0 Å². The van der Waals surface area contributed by atoms with Gasteiger partial charge in [-0.3, -0.25) is 4.99 Å². The van der Waals surface area contributed by atoms with E-state index in [4.69, 9.17) is 14.7 Å². The van der Waals surface area contributed by atoms with E-state index in [9.17, 15) is 0 Å². The Morgan fingerprint density at radius 3 is 2.10 bits per heavy atom. The molecule has 0 saturated carbocycles. The Kier molecular flexibility index (Phi) is 7.28. The molecule has 3 atom stereocenters. The van der Waals surface area contributed by atoms with Crippen LogP contribution >= 0.6 is 0 Å². The second kappa shape index (κ2) is 12.3. The molecule has 6 aromatic rings. The van der Waals surface area contributed by atoms with Crippen LogP contribution in [0.2, 0.25) is 0 Å². The summed E-state index contributed by atoms with van der Waals surface area (Å²) in [4.78, 5) is 10.6. The number of allylic oxidation sites excluding steroid dienone is 3. The average Bonchev–Trinajstić information content (AvgIpc) is 3.52. The molecule has 0 amide bonds. The number of ether oxygens (including phenoxy) is 1. The van der Waals surface area contributed by atoms with Crippen LogP contribution in [0.4, 0.5) is 0 Å². The predicted molar refractivity (Wildman–Crippen MR) is 212 cm³/mol. The first kappa shape index (κ1) is 30.7. The first-order valence-corrected chi connectivity index (χ1v) is 18.5. The molecule has 6 aromatic carbocycles. The van der Waals surface area contributed by atoms with Gasteiger partial charge in [-0.1, -0.05) is 159 Å². The lowest BCUT2D eigenvalue weighted by Crippen LogP contribution is -2.35. The second-order valence-corrected chi connectivity index (χ2v) is 14.2. The zero-order valence-corrected chi connectivity index (χ0v) is 29.2. The molecular formula is C49H38N2O. The van der Waals surface area contributed by atoms with Crippen molar-refractivity contribution >= 4 is 11.5 Å². The van der Waals surface area contributed by atoms with E-state index in [1.807, 2.05) is 6.07 Å². The Hall–Kier alpha value is -6.06. The van der Waals surface area contributed by atoms with E-state index in [0.29, 0.717) is 0 Å². The topological polar surface area (TPSA) is 34.0 Å². The third-order valence-electron chi connectivity index (χ3n) is 11.5. The Labute approximate surface area is 305 Å². The number of hydrogen-bond acceptors (Lipinski definition) is 3. The van der Waals surface area contributed by atoms with Crippen molar-refractivity contribution in [2.75, 3.05) is 0 Å². The summed E-state index contributed by atoms with van der Waals surface area (Å²) in [6.07, 6.45) is 7.35. The fraction of sp³-hybridized carbons (Fsp3) is 0.143. The van der Waals surface area contributed by atoms with Crippen molar-refractivity contribution in [3.05, 3.63) is 209 Å². The van der Waals surface area contributed by atoms with Crippen LogP contribution in [0.15, 0.2) is 185 Å². The van der Waals surface area contributed by atoms with Gasteiger partial charge in [0.25, 0.3) is 0 Å². The lowest BCUT2D eigenvalue weighted by molar-refractivity contribution is 0.389. The zero-order chi connectivity index (χ0) is 34.6. The first-order chi connectivity index (χ1) is 25.8. The highest BCUT2D eigenvalue weighted by Gasteiger charge is 2.52. The molecule has 0 N–H and O–H groups in total. The summed E-state index contributed by atoms with van der Waals surface area (Å²) >= 11 is 0.